The Hall–Kier alpha value is -1.30. The van der Waals surface area contributed by atoms with Gasteiger partial charge in [-0.25, -0.2) is 4.98 Å². The van der Waals surface area contributed by atoms with Crippen molar-refractivity contribution in [2.45, 2.75) is 59.0 Å². The normalized spacial score (nSPS) is 11.8. The number of hydrogen-bond donors (Lipinski definition) is 2. The van der Waals surface area contributed by atoms with E-state index in [9.17, 15) is 4.79 Å². The molecule has 114 valence electrons. The quantitative estimate of drug-likeness (QED) is 0.875. The van der Waals surface area contributed by atoms with E-state index >= 15 is 0 Å². The van der Waals surface area contributed by atoms with E-state index in [0.29, 0.717) is 15.8 Å². The molecule has 0 spiro atoms. The number of carbonyl (C=O) groups is 1. The van der Waals surface area contributed by atoms with Gasteiger partial charge >= 0.3 is 0 Å². The van der Waals surface area contributed by atoms with Crippen LogP contribution in [0.25, 0.3) is 0 Å². The Bertz CT molecular complexity index is 460. The maximum Gasteiger partial charge on any atom is 0.267 e. The van der Waals surface area contributed by atoms with Crippen molar-refractivity contribution in [2.24, 2.45) is 0 Å². The second kappa shape index (κ2) is 6.43. The zero-order chi connectivity index (χ0) is 15.5. The van der Waals surface area contributed by atoms with Gasteiger partial charge in [-0.3, -0.25) is 4.79 Å². The maximum atomic E-state index is 12.5. The van der Waals surface area contributed by atoms with Gasteiger partial charge in [0.1, 0.15) is 10.7 Å². The van der Waals surface area contributed by atoms with Crippen molar-refractivity contribution in [3.8, 4) is 0 Å². The topological polar surface area (TPSA) is 71.2 Å². The molecule has 0 saturated heterocycles. The van der Waals surface area contributed by atoms with Gasteiger partial charge in [-0.2, -0.15) is 0 Å². The summed E-state index contributed by atoms with van der Waals surface area (Å²) in [6.45, 7) is 10.3. The van der Waals surface area contributed by atoms with Gasteiger partial charge in [0.05, 0.1) is 0 Å². The first-order chi connectivity index (χ1) is 9.19. The van der Waals surface area contributed by atoms with Gasteiger partial charge in [-0.05, 0) is 33.6 Å². The summed E-state index contributed by atoms with van der Waals surface area (Å²) in [4.78, 5) is 19.0. The fourth-order valence-corrected chi connectivity index (χ4v) is 3.10. The second-order valence-corrected chi connectivity index (χ2v) is 6.99. The molecule has 0 saturated carbocycles. The van der Waals surface area contributed by atoms with Crippen molar-refractivity contribution in [1.82, 2.24) is 9.88 Å². The minimum absolute atomic E-state index is 0.0457. The van der Waals surface area contributed by atoms with Gasteiger partial charge in [-0.1, -0.05) is 25.2 Å². The number of amides is 1. The summed E-state index contributed by atoms with van der Waals surface area (Å²) >= 11 is 1.32. The monoisotopic (exact) mass is 298 g/mol. The number of thiazole rings is 1. The number of carbonyl (C=O) groups excluding carboxylic acids is 1. The van der Waals surface area contributed by atoms with E-state index in [1.165, 1.54) is 11.3 Å². The average molecular weight is 298 g/mol. The predicted molar refractivity (Wildman–Crippen MR) is 86.4 cm³/mol. The van der Waals surface area contributed by atoms with Gasteiger partial charge in [0, 0.05) is 18.6 Å². The molecule has 1 amide bonds. The number of nitrogen functional groups attached to an aromatic ring is 1. The van der Waals surface area contributed by atoms with Crippen LogP contribution in [0.1, 0.15) is 57.1 Å². The molecule has 1 heterocycles. The summed E-state index contributed by atoms with van der Waals surface area (Å²) in [6, 6.07) is 0.239. The Balaban J connectivity index is 2.94. The molecule has 0 unspecified atom stereocenters. The molecule has 0 aliphatic heterocycles. The summed E-state index contributed by atoms with van der Waals surface area (Å²) in [7, 11) is 1.83. The molecule has 0 atom stereocenters. The zero-order valence-electron chi connectivity index (χ0n) is 13.3. The molecule has 5 nitrogen and oxygen atoms in total. The Morgan fingerprint density at radius 3 is 2.40 bits per heavy atom. The molecule has 3 N–H and O–H groups in total. The van der Waals surface area contributed by atoms with Crippen molar-refractivity contribution >= 4 is 28.2 Å². The van der Waals surface area contributed by atoms with Crippen LogP contribution in [0.3, 0.4) is 0 Å². The second-order valence-electron chi connectivity index (χ2n) is 5.99. The highest BCUT2D eigenvalue weighted by Gasteiger charge is 2.24. The van der Waals surface area contributed by atoms with Gasteiger partial charge in [0.2, 0.25) is 0 Å². The summed E-state index contributed by atoms with van der Waals surface area (Å²) in [6.07, 6.45) is 1.87. The van der Waals surface area contributed by atoms with Crippen molar-refractivity contribution < 1.29 is 4.79 Å². The molecule has 1 aromatic heterocycles. The average Bonchev–Trinajstić information content (AvgIpc) is 2.68. The van der Waals surface area contributed by atoms with Crippen LogP contribution in [0, 0.1) is 0 Å². The van der Waals surface area contributed by atoms with Crippen molar-refractivity contribution in [3.63, 3.8) is 0 Å². The fraction of sp³-hybridized carbons (Fsp3) is 0.714. The van der Waals surface area contributed by atoms with E-state index < -0.39 is 0 Å². The third-order valence-corrected chi connectivity index (χ3v) is 4.11. The first kappa shape index (κ1) is 16.8. The molecule has 20 heavy (non-hydrogen) atoms. The van der Waals surface area contributed by atoms with E-state index in [0.717, 1.165) is 12.8 Å². The van der Waals surface area contributed by atoms with Crippen molar-refractivity contribution in [3.05, 3.63) is 4.88 Å². The van der Waals surface area contributed by atoms with Gasteiger partial charge in [0.15, 0.2) is 5.13 Å². The van der Waals surface area contributed by atoms with E-state index in [-0.39, 0.29) is 17.5 Å². The standard InChI is InChI=1S/C14H26N4OS/c1-7-9(8-2)18(6)12(19)10-11(15)16-13(20-10)17-14(3,4)5/h9H,7-8,15H2,1-6H3,(H,16,17). The lowest BCUT2D eigenvalue weighted by molar-refractivity contribution is 0.0729. The Labute approximate surface area is 125 Å². The highest BCUT2D eigenvalue weighted by Crippen LogP contribution is 2.28. The largest absolute Gasteiger partial charge is 0.382 e. The summed E-state index contributed by atoms with van der Waals surface area (Å²) in [5.41, 5.74) is 5.79. The van der Waals surface area contributed by atoms with Crippen LogP contribution in [0.15, 0.2) is 0 Å². The number of rotatable bonds is 5. The Morgan fingerprint density at radius 2 is 1.95 bits per heavy atom. The lowest BCUT2D eigenvalue weighted by Gasteiger charge is -2.25. The minimum Gasteiger partial charge on any atom is -0.382 e. The molecule has 6 heteroatoms. The zero-order valence-corrected chi connectivity index (χ0v) is 14.1. The Morgan fingerprint density at radius 1 is 1.40 bits per heavy atom. The van der Waals surface area contributed by atoms with Crippen LogP contribution < -0.4 is 11.1 Å². The molecule has 1 rings (SSSR count). The minimum atomic E-state index is -0.105. The first-order valence-electron chi connectivity index (χ1n) is 7.01. The molecule has 0 bridgehead atoms. The van der Waals surface area contributed by atoms with Gasteiger partial charge in [-0.15, -0.1) is 0 Å². The van der Waals surface area contributed by atoms with Crippen molar-refractivity contribution in [1.29, 1.82) is 0 Å². The van der Waals surface area contributed by atoms with Crippen LogP contribution in [0.4, 0.5) is 10.9 Å². The van der Waals surface area contributed by atoms with Crippen LogP contribution in [0.5, 0.6) is 0 Å². The van der Waals surface area contributed by atoms with E-state index in [4.69, 9.17) is 5.73 Å². The smallest absolute Gasteiger partial charge is 0.267 e. The molecule has 0 aliphatic rings. The molecule has 0 aromatic carbocycles. The van der Waals surface area contributed by atoms with Crippen LogP contribution in [0.2, 0.25) is 0 Å². The van der Waals surface area contributed by atoms with Crippen LogP contribution >= 0.6 is 11.3 Å². The van der Waals surface area contributed by atoms with Crippen LogP contribution in [-0.4, -0.2) is 34.4 Å². The number of anilines is 2. The Kier molecular flexibility index (Phi) is 5.39. The van der Waals surface area contributed by atoms with Gasteiger partial charge in [0.25, 0.3) is 5.91 Å². The first-order valence-corrected chi connectivity index (χ1v) is 7.82. The molecule has 1 aromatic rings. The number of nitrogens with two attached hydrogens (primary N) is 1. The van der Waals surface area contributed by atoms with E-state index in [1.807, 2.05) is 27.8 Å². The number of nitrogens with zero attached hydrogens (tertiary/aromatic N) is 2. The van der Waals surface area contributed by atoms with E-state index in [2.05, 4.69) is 24.1 Å². The molecular formula is C14H26N4OS. The molecule has 0 fully saturated rings. The SMILES string of the molecule is CCC(CC)N(C)C(=O)c1sc(NC(C)(C)C)nc1N. The third-order valence-electron chi connectivity index (χ3n) is 3.14. The molecule has 0 aliphatic carbocycles. The molecule has 0 radical (unpaired) electrons. The predicted octanol–water partition coefficient (Wildman–Crippen LogP) is 3.20. The van der Waals surface area contributed by atoms with Crippen molar-refractivity contribution in [2.75, 3.05) is 18.1 Å². The lowest BCUT2D eigenvalue weighted by Crippen LogP contribution is -2.36. The number of hydrogen-bond acceptors (Lipinski definition) is 5. The van der Waals surface area contributed by atoms with E-state index in [1.54, 1.807) is 4.90 Å². The van der Waals surface area contributed by atoms with Gasteiger partial charge < -0.3 is 16.0 Å². The summed E-state index contributed by atoms with van der Waals surface area (Å²) in [5.74, 6) is 0.264. The fourth-order valence-electron chi connectivity index (χ4n) is 2.02. The summed E-state index contributed by atoms with van der Waals surface area (Å²) < 4.78 is 0. The number of nitrogens with one attached hydrogen (secondary N) is 1. The molecular weight excluding hydrogens is 272 g/mol. The third kappa shape index (κ3) is 4.10. The lowest BCUT2D eigenvalue weighted by atomic mass is 10.1. The number of aromatic nitrogens is 1. The summed E-state index contributed by atoms with van der Waals surface area (Å²) in [5, 5.41) is 3.94. The van der Waals surface area contributed by atoms with Crippen LogP contribution in [-0.2, 0) is 0 Å². The highest BCUT2D eigenvalue weighted by molar-refractivity contribution is 7.18. The highest BCUT2D eigenvalue weighted by atomic mass is 32.1. The maximum absolute atomic E-state index is 12.5.